The molecule has 8 heteroatoms. The molecule has 5 nitrogen and oxygen atoms in total. The highest BCUT2D eigenvalue weighted by Crippen LogP contribution is 2.34. The molecule has 0 spiro atoms. The van der Waals surface area contributed by atoms with E-state index in [-0.39, 0.29) is 5.01 Å². The molecular weight excluding hydrogens is 308 g/mol. The van der Waals surface area contributed by atoms with Crippen LogP contribution in [0.15, 0.2) is 6.20 Å². The molecule has 1 fully saturated rings. The van der Waals surface area contributed by atoms with Gasteiger partial charge in [0.1, 0.15) is 0 Å². The number of nitrogens with zero attached hydrogens (tertiary/aromatic N) is 4. The third-order valence-electron chi connectivity index (χ3n) is 3.99. The van der Waals surface area contributed by atoms with Crippen molar-refractivity contribution < 1.29 is 8.78 Å². The van der Waals surface area contributed by atoms with Gasteiger partial charge in [0.15, 0.2) is 5.01 Å². The van der Waals surface area contributed by atoms with Crippen LogP contribution in [0.4, 0.5) is 13.9 Å². The van der Waals surface area contributed by atoms with Crippen molar-refractivity contribution in [2.75, 3.05) is 5.32 Å². The second-order valence-electron chi connectivity index (χ2n) is 5.65. The molecule has 1 saturated carbocycles. The van der Waals surface area contributed by atoms with Gasteiger partial charge in [-0.15, -0.1) is 10.2 Å². The number of anilines is 1. The molecule has 3 rings (SSSR count). The van der Waals surface area contributed by atoms with Crippen LogP contribution in [0.3, 0.4) is 0 Å². The van der Waals surface area contributed by atoms with E-state index in [2.05, 4.69) is 20.6 Å². The van der Waals surface area contributed by atoms with E-state index >= 15 is 0 Å². The van der Waals surface area contributed by atoms with E-state index in [4.69, 9.17) is 0 Å². The van der Waals surface area contributed by atoms with Gasteiger partial charge >= 0.3 is 0 Å². The number of rotatable bonds is 5. The van der Waals surface area contributed by atoms with Crippen LogP contribution in [-0.2, 0) is 13.6 Å². The molecule has 0 amide bonds. The van der Waals surface area contributed by atoms with Crippen LogP contribution >= 0.6 is 11.3 Å². The smallest absolute Gasteiger partial charge is 0.291 e. The van der Waals surface area contributed by atoms with Gasteiger partial charge in [-0.2, -0.15) is 5.10 Å². The fraction of sp³-hybridized carbons (Fsp3) is 0.643. The predicted octanol–water partition coefficient (Wildman–Crippen LogP) is 3.87. The lowest BCUT2D eigenvalue weighted by molar-refractivity contribution is 0.150. The second-order valence-corrected chi connectivity index (χ2v) is 6.66. The lowest BCUT2D eigenvalue weighted by atomic mass is 9.85. The van der Waals surface area contributed by atoms with Gasteiger partial charge in [-0.1, -0.05) is 30.6 Å². The Kier molecular flexibility index (Phi) is 4.66. The van der Waals surface area contributed by atoms with E-state index in [1.54, 1.807) is 0 Å². The summed E-state index contributed by atoms with van der Waals surface area (Å²) < 4.78 is 26.9. The normalized spacial score (nSPS) is 16.4. The third kappa shape index (κ3) is 3.43. The van der Waals surface area contributed by atoms with Gasteiger partial charge in [0.05, 0.1) is 5.69 Å². The fourth-order valence-electron chi connectivity index (χ4n) is 2.98. The van der Waals surface area contributed by atoms with Crippen LogP contribution < -0.4 is 5.32 Å². The summed E-state index contributed by atoms with van der Waals surface area (Å²) in [5.41, 5.74) is 2.25. The standard InChI is InChI=1S/C14H19F2N5S/c1-21-8-10(11(20-21)9-5-3-2-4-6-9)7-17-14-19-18-13(22-14)12(15)16/h8-9,12H,2-7H2,1H3,(H,17,19). The Hall–Kier alpha value is -1.57. The molecule has 0 bridgehead atoms. The van der Waals surface area contributed by atoms with Crippen LogP contribution in [0.25, 0.3) is 0 Å². The number of alkyl halides is 2. The van der Waals surface area contributed by atoms with E-state index < -0.39 is 6.43 Å². The van der Waals surface area contributed by atoms with E-state index in [1.165, 1.54) is 32.1 Å². The van der Waals surface area contributed by atoms with Crippen molar-refractivity contribution in [1.29, 1.82) is 0 Å². The summed E-state index contributed by atoms with van der Waals surface area (Å²) in [4.78, 5) is 0. The maximum Gasteiger partial charge on any atom is 0.291 e. The van der Waals surface area contributed by atoms with Crippen molar-refractivity contribution in [3.63, 3.8) is 0 Å². The molecule has 120 valence electrons. The van der Waals surface area contributed by atoms with Crippen molar-refractivity contribution in [1.82, 2.24) is 20.0 Å². The topological polar surface area (TPSA) is 55.6 Å². The van der Waals surface area contributed by atoms with Gasteiger partial charge in [-0.25, -0.2) is 8.78 Å². The van der Waals surface area contributed by atoms with Crippen molar-refractivity contribution in [2.45, 2.75) is 51.0 Å². The molecule has 2 aromatic rings. The number of nitrogens with one attached hydrogen (secondary N) is 1. The van der Waals surface area contributed by atoms with Crippen molar-refractivity contribution in [3.8, 4) is 0 Å². The molecule has 2 aromatic heterocycles. The molecule has 1 N–H and O–H groups in total. The number of hydrogen-bond acceptors (Lipinski definition) is 5. The zero-order valence-electron chi connectivity index (χ0n) is 12.4. The Balaban J connectivity index is 1.68. The molecule has 0 aliphatic heterocycles. The van der Waals surface area contributed by atoms with E-state index in [0.717, 1.165) is 22.6 Å². The highest BCUT2D eigenvalue weighted by atomic mass is 32.1. The number of halogens is 2. The minimum absolute atomic E-state index is 0.249. The van der Waals surface area contributed by atoms with Crippen LogP contribution in [0.2, 0.25) is 0 Å². The minimum Gasteiger partial charge on any atom is -0.356 e. The maximum absolute atomic E-state index is 12.5. The summed E-state index contributed by atoms with van der Waals surface area (Å²) in [5, 5.41) is 15.1. The molecule has 2 heterocycles. The first-order valence-electron chi connectivity index (χ1n) is 7.51. The average molecular weight is 327 g/mol. The molecular formula is C14H19F2N5S. The van der Waals surface area contributed by atoms with Crippen molar-refractivity contribution in [2.24, 2.45) is 7.05 Å². The third-order valence-corrected chi connectivity index (χ3v) is 4.87. The highest BCUT2D eigenvalue weighted by Gasteiger charge is 2.22. The summed E-state index contributed by atoms with van der Waals surface area (Å²) in [5.74, 6) is 0.512. The van der Waals surface area contributed by atoms with Gasteiger partial charge in [0.25, 0.3) is 6.43 Å². The van der Waals surface area contributed by atoms with Crippen molar-refractivity contribution >= 4 is 16.5 Å². The molecule has 1 aliphatic carbocycles. The Bertz CT molecular complexity index is 619. The van der Waals surface area contributed by atoms with Crippen LogP contribution in [-0.4, -0.2) is 20.0 Å². The zero-order valence-corrected chi connectivity index (χ0v) is 13.2. The largest absolute Gasteiger partial charge is 0.356 e. The monoisotopic (exact) mass is 327 g/mol. The van der Waals surface area contributed by atoms with Gasteiger partial charge < -0.3 is 5.32 Å². The molecule has 0 saturated heterocycles. The summed E-state index contributed by atoms with van der Waals surface area (Å²) in [6.07, 6.45) is 5.59. The lowest BCUT2D eigenvalue weighted by Crippen LogP contribution is -2.09. The number of aromatic nitrogens is 4. The summed E-state index contributed by atoms with van der Waals surface area (Å²) in [7, 11) is 1.91. The molecule has 0 atom stereocenters. The Labute approximate surface area is 131 Å². The molecule has 1 aliphatic rings. The summed E-state index contributed by atoms with van der Waals surface area (Å²) >= 11 is 0.898. The summed E-state index contributed by atoms with van der Waals surface area (Å²) in [6.45, 7) is 0.539. The predicted molar refractivity (Wildman–Crippen MR) is 81.2 cm³/mol. The summed E-state index contributed by atoms with van der Waals surface area (Å²) in [6, 6.07) is 0. The lowest BCUT2D eigenvalue weighted by Gasteiger charge is -2.20. The van der Waals surface area contributed by atoms with Crippen LogP contribution in [0.5, 0.6) is 0 Å². The molecule has 0 radical (unpaired) electrons. The first-order valence-corrected chi connectivity index (χ1v) is 8.33. The second kappa shape index (κ2) is 6.68. The first kappa shape index (κ1) is 15.3. The highest BCUT2D eigenvalue weighted by molar-refractivity contribution is 7.15. The van der Waals surface area contributed by atoms with Gasteiger partial charge in [0, 0.05) is 31.3 Å². The van der Waals surface area contributed by atoms with Crippen molar-refractivity contribution in [3.05, 3.63) is 22.5 Å². The van der Waals surface area contributed by atoms with E-state index in [1.807, 2.05) is 17.9 Å². The van der Waals surface area contributed by atoms with E-state index in [0.29, 0.717) is 17.6 Å². The molecule has 22 heavy (non-hydrogen) atoms. The fourth-order valence-corrected chi connectivity index (χ4v) is 3.57. The van der Waals surface area contributed by atoms with Gasteiger partial charge in [0.2, 0.25) is 5.13 Å². The molecule has 0 aromatic carbocycles. The Morgan fingerprint density at radius 1 is 1.32 bits per heavy atom. The van der Waals surface area contributed by atoms with E-state index in [9.17, 15) is 8.78 Å². The Morgan fingerprint density at radius 2 is 2.09 bits per heavy atom. The maximum atomic E-state index is 12.5. The van der Waals surface area contributed by atoms with Gasteiger partial charge in [-0.3, -0.25) is 4.68 Å². The SMILES string of the molecule is Cn1cc(CNc2nnc(C(F)F)s2)c(C2CCCCC2)n1. The van der Waals surface area contributed by atoms with Gasteiger partial charge in [-0.05, 0) is 12.8 Å². The first-order chi connectivity index (χ1) is 10.6. The quantitative estimate of drug-likeness (QED) is 0.906. The number of aryl methyl sites for hydroxylation is 1. The van der Waals surface area contributed by atoms with Crippen LogP contribution in [0.1, 0.15) is 60.7 Å². The number of hydrogen-bond donors (Lipinski definition) is 1. The Morgan fingerprint density at radius 3 is 2.77 bits per heavy atom. The average Bonchev–Trinajstić information content (AvgIpc) is 3.12. The van der Waals surface area contributed by atoms with Crippen LogP contribution in [0, 0.1) is 0 Å². The zero-order chi connectivity index (χ0) is 15.5. The molecule has 0 unspecified atom stereocenters. The minimum atomic E-state index is -2.57.